The molecule has 0 unspecified atom stereocenters. The first kappa shape index (κ1) is 11.1. The molecule has 0 radical (unpaired) electrons. The summed E-state index contributed by atoms with van der Waals surface area (Å²) in [5.74, 6) is 0.456. The molecule has 0 spiro atoms. The van der Waals surface area contributed by atoms with Crippen molar-refractivity contribution in [3.8, 4) is 0 Å². The van der Waals surface area contributed by atoms with Crippen LogP contribution in [-0.4, -0.2) is 14.5 Å². The SMILES string of the molecule is Cn1c([N+](=O)[O-])cnc1C(Cl)=C1CCCC1. The fourth-order valence-corrected chi connectivity index (χ4v) is 2.32. The van der Waals surface area contributed by atoms with E-state index >= 15 is 0 Å². The first-order chi connectivity index (χ1) is 7.61. The van der Waals surface area contributed by atoms with Crippen LogP contribution in [-0.2, 0) is 7.05 Å². The molecule has 1 aliphatic carbocycles. The molecule has 0 saturated heterocycles. The second kappa shape index (κ2) is 4.25. The Kier molecular flexibility index (Phi) is 2.96. The van der Waals surface area contributed by atoms with Crippen molar-refractivity contribution >= 4 is 22.5 Å². The molecular weight excluding hydrogens is 230 g/mol. The molecule has 5 nitrogen and oxygen atoms in total. The Morgan fingerprint density at radius 2 is 2.19 bits per heavy atom. The van der Waals surface area contributed by atoms with Crippen LogP contribution in [0.1, 0.15) is 31.5 Å². The fourth-order valence-electron chi connectivity index (χ4n) is 1.95. The van der Waals surface area contributed by atoms with Gasteiger partial charge in [-0.05, 0) is 36.2 Å². The van der Waals surface area contributed by atoms with Gasteiger partial charge < -0.3 is 10.1 Å². The van der Waals surface area contributed by atoms with Crippen molar-refractivity contribution in [2.75, 3.05) is 0 Å². The monoisotopic (exact) mass is 241 g/mol. The van der Waals surface area contributed by atoms with Crippen molar-refractivity contribution in [1.29, 1.82) is 0 Å². The molecule has 1 saturated carbocycles. The van der Waals surface area contributed by atoms with Gasteiger partial charge in [0, 0.05) is 0 Å². The number of hydrogen-bond acceptors (Lipinski definition) is 3. The molecule has 0 aliphatic heterocycles. The lowest BCUT2D eigenvalue weighted by atomic mass is 10.2. The van der Waals surface area contributed by atoms with Gasteiger partial charge in [0.25, 0.3) is 0 Å². The van der Waals surface area contributed by atoms with E-state index in [1.54, 1.807) is 7.05 Å². The first-order valence-corrected chi connectivity index (χ1v) is 5.53. The predicted molar refractivity (Wildman–Crippen MR) is 61.1 cm³/mol. The molecule has 1 aromatic rings. The highest BCUT2D eigenvalue weighted by molar-refractivity contribution is 6.48. The third-order valence-corrected chi connectivity index (χ3v) is 3.30. The van der Waals surface area contributed by atoms with Crippen LogP contribution in [0.4, 0.5) is 5.82 Å². The quantitative estimate of drug-likeness (QED) is 0.591. The third kappa shape index (κ3) is 1.82. The second-order valence-corrected chi connectivity index (χ2v) is 4.26. The summed E-state index contributed by atoms with van der Waals surface area (Å²) < 4.78 is 1.42. The summed E-state index contributed by atoms with van der Waals surface area (Å²) in [7, 11) is 1.61. The summed E-state index contributed by atoms with van der Waals surface area (Å²) in [5, 5.41) is 11.2. The Labute approximate surface area is 97.9 Å². The minimum absolute atomic E-state index is 0.0354. The van der Waals surface area contributed by atoms with Gasteiger partial charge in [-0.2, -0.15) is 0 Å². The molecule has 1 fully saturated rings. The zero-order chi connectivity index (χ0) is 11.7. The van der Waals surface area contributed by atoms with Gasteiger partial charge in [-0.25, -0.2) is 9.55 Å². The maximum Gasteiger partial charge on any atom is 0.342 e. The molecule has 0 N–H and O–H groups in total. The topological polar surface area (TPSA) is 61.0 Å². The molecule has 0 bridgehead atoms. The Morgan fingerprint density at radius 3 is 2.69 bits per heavy atom. The third-order valence-electron chi connectivity index (χ3n) is 2.86. The van der Waals surface area contributed by atoms with Gasteiger partial charge >= 0.3 is 5.82 Å². The summed E-state index contributed by atoms with van der Waals surface area (Å²) in [6.07, 6.45) is 5.46. The lowest BCUT2D eigenvalue weighted by Crippen LogP contribution is -2.00. The minimum atomic E-state index is -0.458. The van der Waals surface area contributed by atoms with Gasteiger partial charge in [0.2, 0.25) is 5.82 Å². The van der Waals surface area contributed by atoms with Crippen molar-refractivity contribution in [2.24, 2.45) is 7.05 Å². The molecule has 16 heavy (non-hydrogen) atoms. The van der Waals surface area contributed by atoms with E-state index in [0.29, 0.717) is 10.9 Å². The fraction of sp³-hybridized carbons (Fsp3) is 0.500. The van der Waals surface area contributed by atoms with Gasteiger partial charge in [0.1, 0.15) is 11.2 Å². The van der Waals surface area contributed by atoms with Crippen LogP contribution in [0.2, 0.25) is 0 Å². The van der Waals surface area contributed by atoms with Crippen molar-refractivity contribution in [3.05, 3.63) is 27.7 Å². The predicted octanol–water partition coefficient (Wildman–Crippen LogP) is 2.85. The minimum Gasteiger partial charge on any atom is -0.358 e. The van der Waals surface area contributed by atoms with Crippen LogP contribution >= 0.6 is 11.6 Å². The van der Waals surface area contributed by atoms with E-state index in [-0.39, 0.29) is 5.82 Å². The normalized spacial score (nSPS) is 15.5. The van der Waals surface area contributed by atoms with E-state index in [0.717, 1.165) is 31.3 Å². The van der Waals surface area contributed by atoms with E-state index in [4.69, 9.17) is 11.6 Å². The van der Waals surface area contributed by atoms with Crippen molar-refractivity contribution < 1.29 is 4.92 Å². The number of allylic oxidation sites excluding steroid dienone is 1. The Bertz CT molecular complexity index is 457. The zero-order valence-corrected chi connectivity index (χ0v) is 9.70. The Balaban J connectivity index is 2.41. The number of halogens is 1. The maximum atomic E-state index is 10.7. The van der Waals surface area contributed by atoms with Gasteiger partial charge in [0.15, 0.2) is 0 Å². The van der Waals surface area contributed by atoms with Crippen molar-refractivity contribution in [3.63, 3.8) is 0 Å². The molecular formula is C10H12ClN3O2. The lowest BCUT2D eigenvalue weighted by Gasteiger charge is -2.01. The molecule has 6 heteroatoms. The van der Waals surface area contributed by atoms with Gasteiger partial charge in [-0.15, -0.1) is 0 Å². The van der Waals surface area contributed by atoms with Gasteiger partial charge in [-0.3, -0.25) is 0 Å². The van der Waals surface area contributed by atoms with E-state index in [2.05, 4.69) is 4.98 Å². The van der Waals surface area contributed by atoms with Crippen LogP contribution in [0.5, 0.6) is 0 Å². The van der Waals surface area contributed by atoms with Gasteiger partial charge in [-0.1, -0.05) is 11.6 Å². The number of hydrogen-bond donors (Lipinski definition) is 0. The largest absolute Gasteiger partial charge is 0.358 e. The summed E-state index contributed by atoms with van der Waals surface area (Å²) in [6.45, 7) is 0. The molecule has 0 amide bonds. The van der Waals surface area contributed by atoms with Crippen LogP contribution in [0, 0.1) is 10.1 Å². The average Bonchev–Trinajstić information content (AvgIpc) is 2.84. The van der Waals surface area contributed by atoms with Gasteiger partial charge in [0.05, 0.1) is 7.05 Å². The summed E-state index contributed by atoms with van der Waals surface area (Å²) in [5.41, 5.74) is 1.16. The highest BCUT2D eigenvalue weighted by Crippen LogP contribution is 2.34. The number of rotatable bonds is 2. The summed E-state index contributed by atoms with van der Waals surface area (Å²) in [6, 6.07) is 0. The Hall–Kier alpha value is -1.36. The van der Waals surface area contributed by atoms with Crippen molar-refractivity contribution in [1.82, 2.24) is 9.55 Å². The summed E-state index contributed by atoms with van der Waals surface area (Å²) in [4.78, 5) is 14.2. The van der Waals surface area contributed by atoms with E-state index < -0.39 is 4.92 Å². The molecule has 1 aromatic heterocycles. The Morgan fingerprint density at radius 1 is 1.56 bits per heavy atom. The van der Waals surface area contributed by atoms with Crippen LogP contribution in [0.3, 0.4) is 0 Å². The molecule has 1 aliphatic rings. The van der Waals surface area contributed by atoms with E-state index in [9.17, 15) is 10.1 Å². The smallest absolute Gasteiger partial charge is 0.342 e. The molecule has 1 heterocycles. The summed E-state index contributed by atoms with van der Waals surface area (Å²) >= 11 is 6.21. The van der Waals surface area contributed by atoms with Crippen LogP contribution in [0.15, 0.2) is 11.8 Å². The van der Waals surface area contributed by atoms with Crippen LogP contribution < -0.4 is 0 Å². The standard InChI is InChI=1S/C10H12ClN3O2/c1-13-8(14(15)16)6-12-10(13)9(11)7-4-2-3-5-7/h6H,2-5H2,1H3. The van der Waals surface area contributed by atoms with Crippen molar-refractivity contribution in [2.45, 2.75) is 25.7 Å². The number of aromatic nitrogens is 2. The van der Waals surface area contributed by atoms with E-state index in [1.807, 2.05) is 0 Å². The molecule has 0 aromatic carbocycles. The van der Waals surface area contributed by atoms with Crippen LogP contribution in [0.25, 0.3) is 5.03 Å². The zero-order valence-electron chi connectivity index (χ0n) is 8.94. The lowest BCUT2D eigenvalue weighted by molar-refractivity contribution is -0.391. The highest BCUT2D eigenvalue weighted by Gasteiger charge is 2.22. The highest BCUT2D eigenvalue weighted by atomic mass is 35.5. The van der Waals surface area contributed by atoms with E-state index in [1.165, 1.54) is 10.8 Å². The number of imidazole rings is 1. The number of nitrogens with zero attached hydrogens (tertiary/aromatic N) is 3. The molecule has 86 valence electrons. The maximum absolute atomic E-state index is 10.7. The average molecular weight is 242 g/mol. The second-order valence-electron chi connectivity index (χ2n) is 3.88. The molecule has 2 rings (SSSR count). The molecule has 0 atom stereocenters. The first-order valence-electron chi connectivity index (χ1n) is 5.15. The number of nitro groups is 1.